The van der Waals surface area contributed by atoms with Crippen molar-refractivity contribution in [2.24, 2.45) is 0 Å². The summed E-state index contributed by atoms with van der Waals surface area (Å²) < 4.78 is 25.7. The van der Waals surface area contributed by atoms with Crippen LogP contribution in [0.1, 0.15) is 8.56 Å². The maximum absolute atomic E-state index is 5.43. The van der Waals surface area contributed by atoms with Gasteiger partial charge in [-0.1, -0.05) is 0 Å². The van der Waals surface area contributed by atoms with Crippen molar-refractivity contribution in [3.8, 4) is 0 Å². The van der Waals surface area contributed by atoms with Gasteiger partial charge < -0.3 is 23.7 Å². The van der Waals surface area contributed by atoms with E-state index in [9.17, 15) is 0 Å². The van der Waals surface area contributed by atoms with Crippen LogP contribution in [0, 0.1) is 0 Å². The fourth-order valence-electron chi connectivity index (χ4n) is 1.07. The minimum atomic E-state index is -0.0324. The third-order valence-corrected chi connectivity index (χ3v) is 1.98. The van der Waals surface area contributed by atoms with Gasteiger partial charge in [-0.25, -0.2) is 0 Å². The van der Waals surface area contributed by atoms with Crippen LogP contribution in [0.2, 0.25) is 0 Å². The molecule has 0 N–H and O–H groups in total. The molecular formula is C10H34O5. The molecule has 0 bridgehead atoms. The van der Waals surface area contributed by atoms with E-state index in [1.807, 2.05) is 0 Å². The molecule has 0 heterocycles. The lowest BCUT2D eigenvalue weighted by Gasteiger charge is -2.18. The predicted octanol–water partition coefficient (Wildman–Crippen LogP) is 1.80. The molecule has 2 unspecified atom stereocenters. The maximum Gasteiger partial charge on any atom is 0.104 e. The van der Waals surface area contributed by atoms with Gasteiger partial charge in [0.1, 0.15) is 12.2 Å². The average molecular weight is 234 g/mol. The van der Waals surface area contributed by atoms with E-state index in [1.54, 1.807) is 28.4 Å². The molecule has 15 heavy (non-hydrogen) atoms. The largest absolute Gasteiger partial charge is 0.382 e. The van der Waals surface area contributed by atoms with Gasteiger partial charge in [-0.05, 0) is 0 Å². The molecule has 0 amide bonds. The Bertz CT molecular complexity index is 135. The van der Waals surface area contributed by atoms with Crippen molar-refractivity contribution in [3.63, 3.8) is 0 Å². The van der Waals surface area contributed by atoms with Crippen LogP contribution in [-0.2, 0) is 23.7 Å². The molecule has 0 aliphatic heterocycles. The Hall–Kier alpha value is -0.200. The van der Waals surface area contributed by atoms with Crippen LogP contribution in [-0.4, -0.2) is 67.1 Å². The molecule has 0 aromatic rings. The number of rotatable bonds is 10. The van der Waals surface area contributed by atoms with Crippen LogP contribution in [0.3, 0.4) is 0 Å². The average Bonchev–Trinajstić information content (AvgIpc) is 2.26. The van der Waals surface area contributed by atoms with Crippen LogP contribution in [0.4, 0.5) is 0 Å². The van der Waals surface area contributed by atoms with Crippen molar-refractivity contribution >= 4 is 0 Å². The van der Waals surface area contributed by atoms with Crippen LogP contribution in [0.5, 0.6) is 0 Å². The first-order valence-corrected chi connectivity index (χ1v) is 4.89. The van der Waals surface area contributed by atoms with Gasteiger partial charge >= 0.3 is 0 Å². The Morgan fingerprint density at radius 2 is 1.13 bits per heavy atom. The van der Waals surface area contributed by atoms with E-state index in [2.05, 4.69) is 0 Å². The monoisotopic (exact) mass is 234 g/mol. The molecule has 104 valence electrons. The highest BCUT2D eigenvalue weighted by Gasteiger charge is 2.10. The van der Waals surface area contributed by atoms with E-state index in [4.69, 9.17) is 23.7 Å². The van der Waals surface area contributed by atoms with Gasteiger partial charge in [0.15, 0.2) is 0 Å². The molecule has 0 aliphatic rings. The lowest BCUT2D eigenvalue weighted by atomic mass is 10.4. The SMILES string of the molecule is COCC(COCC(COC)OC)OC.[HH].[HH].[HH].[HH].[HH].[HH]. The summed E-state index contributed by atoms with van der Waals surface area (Å²) in [5, 5.41) is 0. The normalized spacial score (nSPS) is 15.2. The van der Waals surface area contributed by atoms with Crippen LogP contribution in [0.15, 0.2) is 0 Å². The minimum Gasteiger partial charge on any atom is -0.382 e. The van der Waals surface area contributed by atoms with E-state index in [0.29, 0.717) is 26.4 Å². The first-order valence-electron chi connectivity index (χ1n) is 4.89. The van der Waals surface area contributed by atoms with Gasteiger partial charge in [0.05, 0.1) is 26.4 Å². The van der Waals surface area contributed by atoms with E-state index in [-0.39, 0.29) is 20.8 Å². The number of methoxy groups -OCH3 is 4. The van der Waals surface area contributed by atoms with Crippen molar-refractivity contribution in [3.05, 3.63) is 0 Å². The van der Waals surface area contributed by atoms with Gasteiger partial charge in [0, 0.05) is 37.0 Å². The number of hydrogen-bond acceptors (Lipinski definition) is 5. The zero-order chi connectivity index (χ0) is 11.5. The predicted molar refractivity (Wildman–Crippen MR) is 68.8 cm³/mol. The third-order valence-electron chi connectivity index (χ3n) is 1.98. The molecule has 0 saturated carbocycles. The highest BCUT2D eigenvalue weighted by atomic mass is 16.6. The molecule has 0 rings (SSSR count). The summed E-state index contributed by atoms with van der Waals surface area (Å²) in [4.78, 5) is 0. The summed E-state index contributed by atoms with van der Waals surface area (Å²) >= 11 is 0. The first kappa shape index (κ1) is 14.8. The number of ether oxygens (including phenoxy) is 5. The fraction of sp³-hybridized carbons (Fsp3) is 1.00. The molecule has 2 atom stereocenters. The Balaban J connectivity index is -0.0000000653. The lowest BCUT2D eigenvalue weighted by Crippen LogP contribution is -2.29. The zero-order valence-corrected chi connectivity index (χ0v) is 10.0. The van der Waals surface area contributed by atoms with E-state index in [0.717, 1.165) is 0 Å². The highest BCUT2D eigenvalue weighted by molar-refractivity contribution is 4.57. The Kier molecular flexibility index (Phi) is 10.2. The molecule has 0 fully saturated rings. The second-order valence-corrected chi connectivity index (χ2v) is 3.16. The quantitative estimate of drug-likeness (QED) is 0.577. The molecule has 5 nitrogen and oxygen atoms in total. The summed E-state index contributed by atoms with van der Waals surface area (Å²) in [6.07, 6.45) is -0.0647. The van der Waals surface area contributed by atoms with Crippen LogP contribution in [0.25, 0.3) is 0 Å². The molecule has 0 radical (unpaired) electrons. The second-order valence-electron chi connectivity index (χ2n) is 3.16. The summed E-state index contributed by atoms with van der Waals surface area (Å²) in [5.41, 5.74) is 0. The Labute approximate surface area is 101 Å². The standard InChI is InChI=1S/C10H22O5.6H2/c1-11-5-9(13-3)7-15-8-10(14-4)6-12-2;;;;;;/h9-10H,5-8H2,1-4H3;6*1H. The fourth-order valence-corrected chi connectivity index (χ4v) is 1.07. The van der Waals surface area contributed by atoms with Crippen molar-refractivity contribution in [2.45, 2.75) is 12.2 Å². The van der Waals surface area contributed by atoms with Crippen molar-refractivity contribution in [1.82, 2.24) is 0 Å². The van der Waals surface area contributed by atoms with E-state index < -0.39 is 0 Å². The summed E-state index contributed by atoms with van der Waals surface area (Å²) in [6, 6.07) is 0. The lowest BCUT2D eigenvalue weighted by molar-refractivity contribution is -0.0690. The molecule has 0 aromatic heterocycles. The molecular weight excluding hydrogens is 200 g/mol. The molecule has 0 spiro atoms. The molecule has 0 aromatic carbocycles. The summed E-state index contributed by atoms with van der Waals surface area (Å²) in [6.45, 7) is 2.04. The van der Waals surface area contributed by atoms with Crippen LogP contribution < -0.4 is 0 Å². The van der Waals surface area contributed by atoms with Crippen molar-refractivity contribution in [1.29, 1.82) is 0 Å². The summed E-state index contributed by atoms with van der Waals surface area (Å²) in [7, 11) is 6.54. The Morgan fingerprint density at radius 3 is 1.40 bits per heavy atom. The van der Waals surface area contributed by atoms with Gasteiger partial charge in [0.25, 0.3) is 0 Å². The Morgan fingerprint density at radius 1 is 0.733 bits per heavy atom. The van der Waals surface area contributed by atoms with E-state index >= 15 is 0 Å². The third kappa shape index (κ3) is 7.70. The minimum absolute atomic E-state index is 0. The molecule has 0 saturated heterocycles. The zero-order valence-electron chi connectivity index (χ0n) is 10.0. The topological polar surface area (TPSA) is 46.2 Å². The van der Waals surface area contributed by atoms with Gasteiger partial charge in [-0.15, -0.1) is 0 Å². The maximum atomic E-state index is 5.43. The van der Waals surface area contributed by atoms with Gasteiger partial charge in [0.2, 0.25) is 0 Å². The highest BCUT2D eigenvalue weighted by Crippen LogP contribution is 1.96. The van der Waals surface area contributed by atoms with Crippen molar-refractivity contribution < 1.29 is 32.2 Å². The van der Waals surface area contributed by atoms with Crippen molar-refractivity contribution in [2.75, 3.05) is 54.9 Å². The van der Waals surface area contributed by atoms with Crippen LogP contribution >= 0.6 is 0 Å². The number of hydrogen-bond donors (Lipinski definition) is 0. The second kappa shape index (κ2) is 10.3. The molecule has 0 aliphatic carbocycles. The summed E-state index contributed by atoms with van der Waals surface area (Å²) in [5.74, 6) is 0. The van der Waals surface area contributed by atoms with Gasteiger partial charge in [-0.2, -0.15) is 0 Å². The molecule has 5 heteroatoms. The van der Waals surface area contributed by atoms with E-state index in [1.165, 1.54) is 0 Å². The first-order chi connectivity index (χ1) is 7.28. The smallest absolute Gasteiger partial charge is 0.104 e. The van der Waals surface area contributed by atoms with Gasteiger partial charge in [-0.3, -0.25) is 0 Å².